The highest BCUT2D eigenvalue weighted by atomic mass is 19.1. The highest BCUT2D eigenvalue weighted by Gasteiger charge is 2.42. The first kappa shape index (κ1) is 28.0. The lowest BCUT2D eigenvalue weighted by molar-refractivity contribution is -0.138. The number of nitrogens with zero attached hydrogens (tertiary/aromatic N) is 3. The Labute approximate surface area is 225 Å². The van der Waals surface area contributed by atoms with E-state index in [4.69, 9.17) is 4.74 Å². The molecule has 0 saturated carbocycles. The van der Waals surface area contributed by atoms with Crippen LogP contribution in [0.1, 0.15) is 44.7 Å². The first-order valence-electron chi connectivity index (χ1n) is 13.5. The average Bonchev–Trinajstić information content (AvgIpc) is 3.31. The molecule has 8 heteroatoms. The Bertz CT molecular complexity index is 1100. The SMILES string of the molecule is COc1cccc(CN(C(=O)CC(C)(C)C)C2CC(C(=O)N3CCNCC3)N(Cc3ccc(F)cc3)C2)c1. The van der Waals surface area contributed by atoms with E-state index in [1.54, 1.807) is 19.2 Å². The maximum absolute atomic E-state index is 13.7. The summed E-state index contributed by atoms with van der Waals surface area (Å²) in [5.41, 5.74) is 1.78. The van der Waals surface area contributed by atoms with Crippen molar-refractivity contribution in [1.82, 2.24) is 20.0 Å². The van der Waals surface area contributed by atoms with Gasteiger partial charge in [0.15, 0.2) is 0 Å². The molecule has 2 aliphatic heterocycles. The molecule has 0 radical (unpaired) electrons. The molecule has 7 nitrogen and oxygen atoms in total. The van der Waals surface area contributed by atoms with Gasteiger partial charge in [0.05, 0.1) is 13.2 Å². The van der Waals surface area contributed by atoms with Crippen molar-refractivity contribution in [3.8, 4) is 5.75 Å². The third kappa shape index (κ3) is 7.32. The number of methoxy groups -OCH3 is 1. The zero-order valence-electron chi connectivity index (χ0n) is 23.1. The van der Waals surface area contributed by atoms with E-state index in [0.717, 1.165) is 30.0 Å². The Morgan fingerprint density at radius 1 is 1.08 bits per heavy atom. The second-order valence-corrected chi connectivity index (χ2v) is 11.6. The number of likely N-dealkylation sites (tertiary alicyclic amines) is 1. The van der Waals surface area contributed by atoms with Gasteiger partial charge in [-0.05, 0) is 47.2 Å². The lowest BCUT2D eigenvalue weighted by Gasteiger charge is -2.33. The molecule has 206 valence electrons. The molecule has 2 aliphatic rings. The standard InChI is InChI=1S/C30H41FN4O3/c1-30(2,3)18-28(36)35(20-23-6-5-7-26(16-23)38-4)25-17-27(29(37)33-14-12-32-13-15-33)34(21-25)19-22-8-10-24(31)11-9-22/h5-11,16,25,27,32H,12-15,17-21H2,1-4H3. The van der Waals surface area contributed by atoms with Gasteiger partial charge in [0.1, 0.15) is 11.6 Å². The molecular weight excluding hydrogens is 483 g/mol. The summed E-state index contributed by atoms with van der Waals surface area (Å²) in [6.45, 7) is 10.7. The number of carbonyl (C=O) groups excluding carboxylic acids is 2. The minimum absolute atomic E-state index is 0.0855. The van der Waals surface area contributed by atoms with Crippen LogP contribution in [0.2, 0.25) is 0 Å². The minimum atomic E-state index is -0.335. The molecule has 2 saturated heterocycles. The third-order valence-corrected chi connectivity index (χ3v) is 7.32. The van der Waals surface area contributed by atoms with Crippen LogP contribution in [0.5, 0.6) is 5.75 Å². The van der Waals surface area contributed by atoms with E-state index < -0.39 is 0 Å². The molecule has 0 bridgehead atoms. The topological polar surface area (TPSA) is 65.1 Å². The molecule has 2 atom stereocenters. The van der Waals surface area contributed by atoms with Crippen LogP contribution in [0.4, 0.5) is 4.39 Å². The predicted molar refractivity (Wildman–Crippen MR) is 146 cm³/mol. The molecule has 0 aromatic heterocycles. The van der Waals surface area contributed by atoms with Crippen molar-refractivity contribution in [2.24, 2.45) is 5.41 Å². The Hall–Kier alpha value is -2.97. The predicted octanol–water partition coefficient (Wildman–Crippen LogP) is 3.67. The van der Waals surface area contributed by atoms with Gasteiger partial charge in [0, 0.05) is 58.3 Å². The van der Waals surface area contributed by atoms with E-state index in [9.17, 15) is 14.0 Å². The first-order valence-corrected chi connectivity index (χ1v) is 13.5. The number of piperazine rings is 1. The Balaban J connectivity index is 1.61. The summed E-state index contributed by atoms with van der Waals surface area (Å²) in [5, 5.41) is 3.31. The summed E-state index contributed by atoms with van der Waals surface area (Å²) < 4.78 is 19.0. The number of amides is 2. The average molecular weight is 525 g/mol. The number of nitrogens with one attached hydrogen (secondary N) is 1. The smallest absolute Gasteiger partial charge is 0.240 e. The molecule has 2 unspecified atom stereocenters. The van der Waals surface area contributed by atoms with Crippen LogP contribution in [0.25, 0.3) is 0 Å². The highest BCUT2D eigenvalue weighted by molar-refractivity contribution is 5.83. The summed E-state index contributed by atoms with van der Waals surface area (Å²) in [7, 11) is 1.64. The maximum atomic E-state index is 13.7. The Kier molecular flexibility index (Phi) is 9.05. The summed E-state index contributed by atoms with van der Waals surface area (Å²) >= 11 is 0. The van der Waals surface area contributed by atoms with Crippen molar-refractivity contribution < 1.29 is 18.7 Å². The van der Waals surface area contributed by atoms with E-state index in [2.05, 4.69) is 31.0 Å². The second kappa shape index (κ2) is 12.3. The molecule has 4 rings (SSSR count). The molecule has 2 aromatic rings. The zero-order valence-corrected chi connectivity index (χ0v) is 23.1. The molecule has 0 aliphatic carbocycles. The molecule has 1 N–H and O–H groups in total. The number of rotatable bonds is 8. The highest BCUT2D eigenvalue weighted by Crippen LogP contribution is 2.30. The van der Waals surface area contributed by atoms with E-state index in [1.165, 1.54) is 12.1 Å². The number of hydrogen-bond acceptors (Lipinski definition) is 5. The van der Waals surface area contributed by atoms with Crippen LogP contribution in [-0.4, -0.2) is 78.4 Å². The Morgan fingerprint density at radius 3 is 2.45 bits per heavy atom. The number of hydrogen-bond donors (Lipinski definition) is 1. The molecule has 2 aromatic carbocycles. The van der Waals surface area contributed by atoms with Crippen molar-refractivity contribution in [2.75, 3.05) is 39.8 Å². The van der Waals surface area contributed by atoms with Crippen LogP contribution < -0.4 is 10.1 Å². The Morgan fingerprint density at radius 2 is 1.79 bits per heavy atom. The summed E-state index contributed by atoms with van der Waals surface area (Å²) in [4.78, 5) is 33.5. The van der Waals surface area contributed by atoms with Gasteiger partial charge in [0.25, 0.3) is 0 Å². The normalized spacial score (nSPS) is 20.4. The van der Waals surface area contributed by atoms with Gasteiger partial charge in [-0.15, -0.1) is 0 Å². The van der Waals surface area contributed by atoms with Crippen molar-refractivity contribution in [3.63, 3.8) is 0 Å². The number of carbonyl (C=O) groups is 2. The number of benzene rings is 2. The summed E-state index contributed by atoms with van der Waals surface area (Å²) in [5.74, 6) is 0.670. The molecule has 0 spiro atoms. The minimum Gasteiger partial charge on any atom is -0.497 e. The fraction of sp³-hybridized carbons (Fsp3) is 0.533. The van der Waals surface area contributed by atoms with Crippen LogP contribution in [-0.2, 0) is 22.7 Å². The van der Waals surface area contributed by atoms with Crippen molar-refractivity contribution in [2.45, 2.75) is 58.8 Å². The van der Waals surface area contributed by atoms with Gasteiger partial charge in [-0.3, -0.25) is 14.5 Å². The van der Waals surface area contributed by atoms with Crippen LogP contribution >= 0.6 is 0 Å². The van der Waals surface area contributed by atoms with Crippen LogP contribution in [0, 0.1) is 11.2 Å². The van der Waals surface area contributed by atoms with Crippen molar-refractivity contribution in [1.29, 1.82) is 0 Å². The lowest BCUT2D eigenvalue weighted by atomic mass is 9.91. The fourth-order valence-corrected chi connectivity index (χ4v) is 5.40. The lowest BCUT2D eigenvalue weighted by Crippen LogP contribution is -2.52. The largest absolute Gasteiger partial charge is 0.497 e. The third-order valence-electron chi connectivity index (χ3n) is 7.32. The molecule has 2 fully saturated rings. The van der Waals surface area contributed by atoms with Gasteiger partial charge < -0.3 is 19.9 Å². The van der Waals surface area contributed by atoms with Gasteiger partial charge in [-0.25, -0.2) is 4.39 Å². The number of ether oxygens (including phenoxy) is 1. The molecule has 2 heterocycles. The maximum Gasteiger partial charge on any atom is 0.240 e. The van der Waals surface area contributed by atoms with E-state index in [1.807, 2.05) is 34.1 Å². The quantitative estimate of drug-likeness (QED) is 0.571. The van der Waals surface area contributed by atoms with Gasteiger partial charge >= 0.3 is 0 Å². The first-order chi connectivity index (χ1) is 18.1. The second-order valence-electron chi connectivity index (χ2n) is 11.6. The van der Waals surface area contributed by atoms with E-state index >= 15 is 0 Å². The zero-order chi connectivity index (χ0) is 27.3. The van der Waals surface area contributed by atoms with Crippen LogP contribution in [0.3, 0.4) is 0 Å². The van der Waals surface area contributed by atoms with Gasteiger partial charge in [-0.1, -0.05) is 45.0 Å². The molecule has 38 heavy (non-hydrogen) atoms. The van der Waals surface area contributed by atoms with Crippen LogP contribution in [0.15, 0.2) is 48.5 Å². The van der Waals surface area contributed by atoms with E-state index in [0.29, 0.717) is 45.6 Å². The monoisotopic (exact) mass is 524 g/mol. The van der Waals surface area contributed by atoms with Gasteiger partial charge in [0.2, 0.25) is 11.8 Å². The van der Waals surface area contributed by atoms with E-state index in [-0.39, 0.29) is 35.1 Å². The van der Waals surface area contributed by atoms with Crippen molar-refractivity contribution >= 4 is 11.8 Å². The number of halogens is 1. The summed E-state index contributed by atoms with van der Waals surface area (Å²) in [6.07, 6.45) is 0.992. The van der Waals surface area contributed by atoms with Crippen molar-refractivity contribution in [3.05, 3.63) is 65.5 Å². The molecule has 2 amide bonds. The van der Waals surface area contributed by atoms with Gasteiger partial charge in [-0.2, -0.15) is 0 Å². The molecular formula is C30H41FN4O3. The fourth-order valence-electron chi connectivity index (χ4n) is 5.40. The summed E-state index contributed by atoms with van der Waals surface area (Å²) in [6, 6.07) is 13.8.